The third-order valence-corrected chi connectivity index (χ3v) is 3.61. The van der Waals surface area contributed by atoms with Crippen LogP contribution < -0.4 is 5.73 Å². The van der Waals surface area contributed by atoms with Crippen LogP contribution in [0, 0.1) is 0 Å². The van der Waals surface area contributed by atoms with Crippen molar-refractivity contribution in [2.45, 2.75) is 0 Å². The van der Waals surface area contributed by atoms with Gasteiger partial charge in [-0.05, 0) is 24.4 Å². The molecule has 1 rings (SSSR count). The van der Waals surface area contributed by atoms with Crippen LogP contribution in [-0.4, -0.2) is 64.2 Å². The van der Waals surface area contributed by atoms with E-state index < -0.39 is 0 Å². The van der Waals surface area contributed by atoms with Crippen molar-refractivity contribution in [1.82, 2.24) is 14.7 Å². The molecule has 4 nitrogen and oxygen atoms in total. The van der Waals surface area contributed by atoms with Crippen molar-refractivity contribution >= 4 is 34.7 Å². The van der Waals surface area contributed by atoms with E-state index in [2.05, 4.69) is 23.0 Å². The topological polar surface area (TPSA) is 35.7 Å². The fourth-order valence-electron chi connectivity index (χ4n) is 1.86. The fourth-order valence-corrected chi connectivity index (χ4v) is 2.37. The monoisotopic (exact) mass is 284 g/mol. The predicted molar refractivity (Wildman–Crippen MR) is 84.5 cm³/mol. The first-order valence-electron chi connectivity index (χ1n) is 5.90. The number of hydrogen-bond acceptors (Lipinski definition) is 2. The van der Waals surface area contributed by atoms with E-state index in [0.717, 1.165) is 44.4 Å². The van der Waals surface area contributed by atoms with Crippen LogP contribution in [0.25, 0.3) is 0 Å². The van der Waals surface area contributed by atoms with E-state index in [0.29, 0.717) is 5.11 Å². The van der Waals surface area contributed by atoms with Gasteiger partial charge in [-0.3, -0.25) is 0 Å². The Kier molecular flexibility index (Phi) is 6.07. The minimum Gasteiger partial charge on any atom is -0.376 e. The van der Waals surface area contributed by atoms with Crippen LogP contribution in [0.1, 0.15) is 0 Å². The minimum absolute atomic E-state index is 0.467. The number of piperazine rings is 1. The summed E-state index contributed by atoms with van der Waals surface area (Å²) in [5.74, 6) is 0. The highest BCUT2D eigenvalue weighted by molar-refractivity contribution is 7.80. The maximum atomic E-state index is 5.61. The molecule has 0 radical (unpaired) electrons. The Morgan fingerprint density at radius 2 is 1.50 bits per heavy atom. The Bertz CT molecular complexity index is 325. The molecule has 2 N–H and O–H groups in total. The summed E-state index contributed by atoms with van der Waals surface area (Å²) < 4.78 is 0. The molecular formula is C12H20N4S2. The van der Waals surface area contributed by atoms with Crippen molar-refractivity contribution in [2.24, 2.45) is 5.73 Å². The molecule has 0 aromatic heterocycles. The molecule has 0 aliphatic carbocycles. The van der Waals surface area contributed by atoms with Crippen molar-refractivity contribution in [2.75, 3.05) is 39.3 Å². The zero-order valence-electron chi connectivity index (χ0n) is 10.5. The van der Waals surface area contributed by atoms with Gasteiger partial charge in [-0.2, -0.15) is 0 Å². The molecule has 18 heavy (non-hydrogen) atoms. The molecule has 0 atom stereocenters. The lowest BCUT2D eigenvalue weighted by molar-refractivity contribution is 0.242. The van der Waals surface area contributed by atoms with Gasteiger partial charge in [-0.25, -0.2) is 0 Å². The lowest BCUT2D eigenvalue weighted by Gasteiger charge is -2.39. The van der Waals surface area contributed by atoms with Gasteiger partial charge in [0.25, 0.3) is 0 Å². The zero-order chi connectivity index (χ0) is 13.5. The Morgan fingerprint density at radius 3 is 1.89 bits per heavy atom. The Morgan fingerprint density at radius 1 is 1.06 bits per heavy atom. The van der Waals surface area contributed by atoms with Crippen molar-refractivity contribution < 1.29 is 0 Å². The van der Waals surface area contributed by atoms with Gasteiger partial charge in [0.05, 0.1) is 0 Å². The Balaban J connectivity index is 2.54. The van der Waals surface area contributed by atoms with Crippen LogP contribution >= 0.6 is 24.4 Å². The highest BCUT2D eigenvalue weighted by atomic mass is 32.1. The standard InChI is InChI=1S/C12H20N4S2/c1-3-5-15(6-4-2)12(18)16-9-7-14(8-10-16)11(13)17/h3-4H,1-2,5-10H2,(H2,13,17). The average Bonchev–Trinajstić information content (AvgIpc) is 2.38. The molecule has 0 amide bonds. The molecule has 100 valence electrons. The normalized spacial score (nSPS) is 15.1. The van der Waals surface area contributed by atoms with Gasteiger partial charge in [0, 0.05) is 39.3 Å². The summed E-state index contributed by atoms with van der Waals surface area (Å²) in [6, 6.07) is 0. The predicted octanol–water partition coefficient (Wildman–Crippen LogP) is 0.807. The molecule has 1 heterocycles. The molecule has 0 saturated carbocycles. The van der Waals surface area contributed by atoms with Crippen molar-refractivity contribution in [1.29, 1.82) is 0 Å². The maximum Gasteiger partial charge on any atom is 0.172 e. The second-order valence-electron chi connectivity index (χ2n) is 4.08. The highest BCUT2D eigenvalue weighted by Gasteiger charge is 2.21. The van der Waals surface area contributed by atoms with E-state index in [1.807, 2.05) is 17.1 Å². The second-order valence-corrected chi connectivity index (χ2v) is 4.86. The summed E-state index contributed by atoms with van der Waals surface area (Å²) in [6.45, 7) is 12.3. The second kappa shape index (κ2) is 7.33. The first kappa shape index (κ1) is 14.9. The molecule has 0 spiro atoms. The summed E-state index contributed by atoms with van der Waals surface area (Å²) in [7, 11) is 0. The lowest BCUT2D eigenvalue weighted by atomic mass is 10.3. The van der Waals surface area contributed by atoms with E-state index in [1.54, 1.807) is 0 Å². The molecule has 1 fully saturated rings. The Labute approximate surface area is 120 Å². The number of thiocarbonyl (C=S) groups is 2. The van der Waals surface area contributed by atoms with Crippen molar-refractivity contribution in [3.05, 3.63) is 25.3 Å². The van der Waals surface area contributed by atoms with E-state index in [9.17, 15) is 0 Å². The van der Waals surface area contributed by atoms with Crippen LogP contribution in [0.15, 0.2) is 25.3 Å². The van der Waals surface area contributed by atoms with Crippen LogP contribution in [0.4, 0.5) is 0 Å². The number of rotatable bonds is 4. The van der Waals surface area contributed by atoms with E-state index >= 15 is 0 Å². The molecule has 1 saturated heterocycles. The van der Waals surface area contributed by atoms with E-state index in [-0.39, 0.29) is 0 Å². The van der Waals surface area contributed by atoms with Crippen LogP contribution in [0.3, 0.4) is 0 Å². The first-order valence-corrected chi connectivity index (χ1v) is 6.71. The summed E-state index contributed by atoms with van der Waals surface area (Å²) in [4.78, 5) is 6.25. The largest absolute Gasteiger partial charge is 0.376 e. The quantitative estimate of drug-likeness (QED) is 0.608. The summed E-state index contributed by atoms with van der Waals surface area (Å²) in [6.07, 6.45) is 3.70. The maximum absolute atomic E-state index is 5.61. The van der Waals surface area contributed by atoms with Gasteiger partial charge < -0.3 is 20.4 Å². The van der Waals surface area contributed by atoms with Gasteiger partial charge in [-0.1, -0.05) is 12.2 Å². The fraction of sp³-hybridized carbons (Fsp3) is 0.500. The SMILES string of the molecule is C=CCN(CC=C)C(=S)N1CCN(C(N)=S)CC1. The summed E-state index contributed by atoms with van der Waals surface area (Å²) in [5, 5.41) is 1.31. The lowest BCUT2D eigenvalue weighted by Crippen LogP contribution is -2.54. The zero-order valence-corrected chi connectivity index (χ0v) is 12.2. The number of nitrogens with two attached hydrogens (primary N) is 1. The first-order chi connectivity index (χ1) is 8.60. The third-order valence-electron chi connectivity index (χ3n) is 2.83. The molecule has 1 aliphatic heterocycles. The van der Waals surface area contributed by atoms with Crippen molar-refractivity contribution in [3.8, 4) is 0 Å². The third kappa shape index (κ3) is 3.96. The molecule has 0 aromatic rings. The molecular weight excluding hydrogens is 264 g/mol. The molecule has 1 aliphatic rings. The van der Waals surface area contributed by atoms with Gasteiger partial charge in [-0.15, -0.1) is 13.2 Å². The van der Waals surface area contributed by atoms with Crippen LogP contribution in [0.5, 0.6) is 0 Å². The van der Waals surface area contributed by atoms with Crippen molar-refractivity contribution in [3.63, 3.8) is 0 Å². The smallest absolute Gasteiger partial charge is 0.172 e. The van der Waals surface area contributed by atoms with Crippen LogP contribution in [-0.2, 0) is 0 Å². The molecule has 6 heteroatoms. The average molecular weight is 284 g/mol. The van der Waals surface area contributed by atoms with E-state index in [1.165, 1.54) is 0 Å². The highest BCUT2D eigenvalue weighted by Crippen LogP contribution is 2.06. The van der Waals surface area contributed by atoms with E-state index in [4.69, 9.17) is 30.2 Å². The van der Waals surface area contributed by atoms with Gasteiger partial charge in [0.1, 0.15) is 0 Å². The molecule has 0 unspecified atom stereocenters. The van der Waals surface area contributed by atoms with Gasteiger partial charge in [0.2, 0.25) is 0 Å². The molecule has 0 bridgehead atoms. The number of nitrogens with zero attached hydrogens (tertiary/aromatic N) is 3. The van der Waals surface area contributed by atoms with Gasteiger partial charge >= 0.3 is 0 Å². The molecule has 0 aromatic carbocycles. The minimum atomic E-state index is 0.467. The number of hydrogen-bond donors (Lipinski definition) is 1. The van der Waals surface area contributed by atoms with Gasteiger partial charge in [0.15, 0.2) is 10.2 Å². The Hall–Kier alpha value is -1.14. The summed E-state index contributed by atoms with van der Waals surface area (Å²) in [5.41, 5.74) is 5.61. The van der Waals surface area contributed by atoms with Crippen LogP contribution in [0.2, 0.25) is 0 Å². The summed E-state index contributed by atoms with van der Waals surface area (Å²) >= 11 is 10.5.